The second-order valence-electron chi connectivity index (χ2n) is 5.40. The van der Waals surface area contributed by atoms with Gasteiger partial charge in [0.1, 0.15) is 0 Å². The third-order valence-electron chi connectivity index (χ3n) is 3.73. The van der Waals surface area contributed by atoms with E-state index in [9.17, 15) is 13.6 Å². The Bertz CT molecular complexity index is 564. The summed E-state index contributed by atoms with van der Waals surface area (Å²) in [6.45, 7) is 4.22. The quantitative estimate of drug-likeness (QED) is 0.504. The topological polar surface area (TPSA) is 84.3 Å². The van der Waals surface area contributed by atoms with E-state index in [1.807, 2.05) is 12.1 Å². The molecule has 1 heterocycles. The Labute approximate surface area is 151 Å². The van der Waals surface area contributed by atoms with Crippen molar-refractivity contribution in [2.45, 2.75) is 19.4 Å². The van der Waals surface area contributed by atoms with Gasteiger partial charge in [0.2, 0.25) is 11.3 Å². The molecule has 0 saturated carbocycles. The number of rotatable bonds is 6. The number of nitrogens with zero attached hydrogens (tertiary/aromatic N) is 3. The molecule has 2 rings (SSSR count). The highest BCUT2D eigenvalue weighted by molar-refractivity contribution is 14.1. The summed E-state index contributed by atoms with van der Waals surface area (Å²) < 4.78 is 23.5. The highest BCUT2D eigenvalue weighted by Gasteiger charge is 2.30. The van der Waals surface area contributed by atoms with Gasteiger partial charge in [-0.05, 0) is 53.8 Å². The Morgan fingerprint density at radius 2 is 1.87 bits per heavy atom. The third kappa shape index (κ3) is 5.11. The summed E-state index contributed by atoms with van der Waals surface area (Å²) in [6, 6.07) is 7.68. The van der Waals surface area contributed by atoms with Gasteiger partial charge in [0, 0.05) is 41.5 Å². The SMILES string of the molecule is CC(CC(=O)O)N(N1CCN(c2ccc(I)cc2)CC1)S(=O)O. The van der Waals surface area contributed by atoms with Crippen molar-refractivity contribution in [2.75, 3.05) is 31.1 Å². The molecule has 1 aromatic rings. The van der Waals surface area contributed by atoms with E-state index in [2.05, 4.69) is 39.6 Å². The van der Waals surface area contributed by atoms with Crippen molar-refractivity contribution in [1.82, 2.24) is 9.42 Å². The molecule has 0 aliphatic carbocycles. The van der Waals surface area contributed by atoms with Crippen LogP contribution in [0.5, 0.6) is 0 Å². The number of hydrazine groups is 1. The fourth-order valence-electron chi connectivity index (χ4n) is 2.67. The van der Waals surface area contributed by atoms with Crippen molar-refractivity contribution in [1.29, 1.82) is 0 Å². The number of piperazine rings is 1. The Morgan fingerprint density at radius 1 is 1.30 bits per heavy atom. The second kappa shape index (κ2) is 8.38. The standard InChI is InChI=1S/C14H20IN3O4S/c1-11(10-14(19)20)18(23(21)22)17-8-6-16(7-9-17)13-4-2-12(15)3-5-13/h2-5,11H,6-10H2,1H3,(H,19,20)(H,21,22). The third-order valence-corrected chi connectivity index (χ3v) is 5.36. The molecule has 0 aromatic heterocycles. The number of hydrogen-bond donors (Lipinski definition) is 2. The van der Waals surface area contributed by atoms with Crippen LogP contribution in [0.25, 0.3) is 0 Å². The van der Waals surface area contributed by atoms with Crippen LogP contribution in [0.2, 0.25) is 0 Å². The molecule has 1 aliphatic rings. The molecule has 1 fully saturated rings. The zero-order valence-corrected chi connectivity index (χ0v) is 15.7. The minimum Gasteiger partial charge on any atom is -0.481 e. The van der Waals surface area contributed by atoms with Crippen molar-refractivity contribution in [3.63, 3.8) is 0 Å². The number of carboxylic acids is 1. The molecule has 2 N–H and O–H groups in total. The lowest BCUT2D eigenvalue weighted by Gasteiger charge is -2.41. The van der Waals surface area contributed by atoms with Gasteiger partial charge in [0.25, 0.3) is 0 Å². The van der Waals surface area contributed by atoms with E-state index in [0.29, 0.717) is 26.2 Å². The molecule has 0 amide bonds. The molecule has 128 valence electrons. The van der Waals surface area contributed by atoms with Crippen molar-refractivity contribution in [3.8, 4) is 0 Å². The van der Waals surface area contributed by atoms with E-state index in [1.165, 1.54) is 7.98 Å². The van der Waals surface area contributed by atoms with E-state index in [0.717, 1.165) is 5.69 Å². The lowest BCUT2D eigenvalue weighted by molar-refractivity contribution is -0.139. The summed E-state index contributed by atoms with van der Waals surface area (Å²) in [6.07, 6.45) is -0.177. The lowest BCUT2D eigenvalue weighted by atomic mass is 10.2. The number of carboxylic acid groups (broad SMARTS) is 1. The highest BCUT2D eigenvalue weighted by atomic mass is 127. The minimum absolute atomic E-state index is 0.177. The zero-order chi connectivity index (χ0) is 17.0. The van der Waals surface area contributed by atoms with Gasteiger partial charge in [-0.2, -0.15) is 0 Å². The molecular weight excluding hydrogens is 433 g/mol. The Kier molecular flexibility index (Phi) is 6.77. The first-order valence-electron chi connectivity index (χ1n) is 7.26. The molecule has 0 radical (unpaired) electrons. The predicted octanol–water partition coefficient (Wildman–Crippen LogP) is 1.63. The van der Waals surface area contributed by atoms with Crippen LogP contribution in [0.15, 0.2) is 24.3 Å². The fraction of sp³-hybridized carbons (Fsp3) is 0.500. The highest BCUT2D eigenvalue weighted by Crippen LogP contribution is 2.20. The molecule has 2 atom stereocenters. The first-order chi connectivity index (χ1) is 10.9. The lowest BCUT2D eigenvalue weighted by Crippen LogP contribution is -2.57. The smallest absolute Gasteiger partial charge is 0.305 e. The van der Waals surface area contributed by atoms with E-state index in [-0.39, 0.29) is 6.42 Å². The number of anilines is 1. The van der Waals surface area contributed by atoms with Gasteiger partial charge in [-0.25, -0.2) is 9.22 Å². The van der Waals surface area contributed by atoms with Crippen LogP contribution in [0.1, 0.15) is 13.3 Å². The number of hydrogen-bond acceptors (Lipinski definition) is 4. The van der Waals surface area contributed by atoms with Crippen LogP contribution in [-0.4, -0.2) is 61.5 Å². The summed E-state index contributed by atoms with van der Waals surface area (Å²) in [4.78, 5) is 13.1. The van der Waals surface area contributed by atoms with Crippen molar-refractivity contribution < 1.29 is 18.7 Å². The number of benzene rings is 1. The first kappa shape index (κ1) is 18.6. The van der Waals surface area contributed by atoms with Gasteiger partial charge in [-0.3, -0.25) is 9.35 Å². The van der Waals surface area contributed by atoms with Gasteiger partial charge in [-0.15, -0.1) is 4.41 Å². The first-order valence-corrected chi connectivity index (χ1v) is 9.40. The maximum Gasteiger partial charge on any atom is 0.305 e. The summed E-state index contributed by atoms with van der Waals surface area (Å²) >= 11 is 0.0302. The number of halogens is 1. The van der Waals surface area contributed by atoms with Crippen LogP contribution in [0.4, 0.5) is 5.69 Å². The number of carbonyl (C=O) groups is 1. The molecule has 0 spiro atoms. The molecule has 2 unspecified atom stereocenters. The van der Waals surface area contributed by atoms with Gasteiger partial charge >= 0.3 is 5.97 Å². The van der Waals surface area contributed by atoms with Gasteiger partial charge in [0.15, 0.2) is 0 Å². The average Bonchev–Trinajstić information content (AvgIpc) is 2.48. The van der Waals surface area contributed by atoms with Crippen molar-refractivity contribution >= 4 is 45.5 Å². The van der Waals surface area contributed by atoms with Gasteiger partial charge in [0.05, 0.1) is 6.42 Å². The zero-order valence-electron chi connectivity index (χ0n) is 12.8. The Balaban J connectivity index is 1.99. The molecule has 7 nitrogen and oxygen atoms in total. The Hall–Kier alpha value is -0.750. The molecule has 1 aromatic carbocycles. The summed E-state index contributed by atoms with van der Waals surface area (Å²) in [5.41, 5.74) is 1.13. The monoisotopic (exact) mass is 453 g/mol. The number of aliphatic carboxylic acids is 1. The average molecular weight is 453 g/mol. The second-order valence-corrected chi connectivity index (χ2v) is 7.48. The molecule has 23 heavy (non-hydrogen) atoms. The van der Waals surface area contributed by atoms with Crippen LogP contribution >= 0.6 is 22.6 Å². The van der Waals surface area contributed by atoms with Crippen molar-refractivity contribution in [3.05, 3.63) is 27.8 Å². The summed E-state index contributed by atoms with van der Waals surface area (Å²) in [5.74, 6) is -0.981. The summed E-state index contributed by atoms with van der Waals surface area (Å²) in [5, 5.41) is 10.7. The van der Waals surface area contributed by atoms with Crippen LogP contribution in [0, 0.1) is 3.57 Å². The van der Waals surface area contributed by atoms with E-state index >= 15 is 0 Å². The minimum atomic E-state index is -2.23. The normalized spacial score (nSPS) is 18.9. The molecule has 1 aliphatic heterocycles. The van der Waals surface area contributed by atoms with Crippen molar-refractivity contribution in [2.24, 2.45) is 0 Å². The maximum atomic E-state index is 11.6. The molecule has 0 bridgehead atoms. The predicted molar refractivity (Wildman–Crippen MR) is 97.3 cm³/mol. The van der Waals surface area contributed by atoms with E-state index < -0.39 is 23.3 Å². The summed E-state index contributed by atoms with van der Waals surface area (Å²) in [7, 11) is 0. The van der Waals surface area contributed by atoms with Gasteiger partial charge in [-0.1, -0.05) is 0 Å². The Morgan fingerprint density at radius 3 is 2.35 bits per heavy atom. The van der Waals surface area contributed by atoms with E-state index in [1.54, 1.807) is 11.9 Å². The van der Waals surface area contributed by atoms with Crippen LogP contribution < -0.4 is 4.90 Å². The molecular formula is C14H20IN3O4S. The van der Waals surface area contributed by atoms with Gasteiger partial charge < -0.3 is 10.0 Å². The largest absolute Gasteiger partial charge is 0.481 e. The van der Waals surface area contributed by atoms with Crippen LogP contribution in [0.3, 0.4) is 0 Å². The van der Waals surface area contributed by atoms with Crippen LogP contribution in [-0.2, 0) is 16.1 Å². The maximum absolute atomic E-state index is 11.6. The molecule has 1 saturated heterocycles. The molecule has 9 heteroatoms. The fourth-order valence-corrected chi connectivity index (χ4v) is 3.77. The van der Waals surface area contributed by atoms with E-state index in [4.69, 9.17) is 5.11 Å².